The Morgan fingerprint density at radius 1 is 1.20 bits per heavy atom. The molecular formula is C17H12F4N2O2. The van der Waals surface area contributed by atoms with Crippen molar-refractivity contribution in [3.63, 3.8) is 0 Å². The van der Waals surface area contributed by atoms with Crippen molar-refractivity contribution < 1.29 is 26.8 Å². The summed E-state index contributed by atoms with van der Waals surface area (Å²) < 4.78 is 56.9. The van der Waals surface area contributed by atoms with Gasteiger partial charge in [0.15, 0.2) is 5.58 Å². The molecule has 0 saturated carbocycles. The first kappa shape index (κ1) is 16.9. The Hall–Kier alpha value is -2.90. The van der Waals surface area contributed by atoms with Crippen molar-refractivity contribution in [2.75, 3.05) is 11.4 Å². The molecule has 0 radical (unpaired) electrons. The number of fused-ring (bicyclic) bond motifs is 1. The number of nitrogens with zero attached hydrogens (tertiary/aromatic N) is 2. The van der Waals surface area contributed by atoms with Crippen LogP contribution in [0.1, 0.15) is 6.92 Å². The van der Waals surface area contributed by atoms with Crippen LogP contribution in [0.3, 0.4) is 0 Å². The normalized spacial score (nSPS) is 11.7. The Bertz CT molecular complexity index is 934. The van der Waals surface area contributed by atoms with Gasteiger partial charge in [0.2, 0.25) is 5.89 Å². The first-order valence-corrected chi connectivity index (χ1v) is 7.35. The zero-order chi connectivity index (χ0) is 18.2. The minimum Gasteiger partial charge on any atom is -0.436 e. The molecule has 0 aliphatic rings. The summed E-state index contributed by atoms with van der Waals surface area (Å²) in [6.07, 6.45) is -4.97. The maximum atomic E-state index is 13.3. The summed E-state index contributed by atoms with van der Waals surface area (Å²) in [5, 5.41) is 0. The molecule has 1 aromatic heterocycles. The van der Waals surface area contributed by atoms with Crippen LogP contribution in [0.2, 0.25) is 0 Å². The number of alkyl halides is 3. The number of carbonyl (C=O) groups is 1. The van der Waals surface area contributed by atoms with Crippen molar-refractivity contribution in [2.45, 2.75) is 13.1 Å². The average molecular weight is 352 g/mol. The van der Waals surface area contributed by atoms with E-state index in [1.165, 1.54) is 43.3 Å². The monoisotopic (exact) mass is 352 g/mol. The zero-order valence-electron chi connectivity index (χ0n) is 13.0. The Balaban J connectivity index is 2.01. The highest BCUT2D eigenvalue weighted by Gasteiger charge is 2.42. The largest absolute Gasteiger partial charge is 0.471 e. The molecule has 0 bridgehead atoms. The molecule has 0 atom stereocenters. The lowest BCUT2D eigenvalue weighted by Gasteiger charge is -2.21. The van der Waals surface area contributed by atoms with Crippen molar-refractivity contribution in [3.8, 4) is 11.5 Å². The fraction of sp³-hybridized carbons (Fsp3) is 0.176. The molecule has 0 unspecified atom stereocenters. The van der Waals surface area contributed by atoms with Gasteiger partial charge in [-0.15, -0.1) is 0 Å². The van der Waals surface area contributed by atoms with Crippen molar-refractivity contribution in [1.29, 1.82) is 0 Å². The third-order valence-electron chi connectivity index (χ3n) is 3.56. The van der Waals surface area contributed by atoms with Crippen molar-refractivity contribution in [1.82, 2.24) is 4.98 Å². The number of aromatic nitrogens is 1. The Morgan fingerprint density at radius 2 is 1.96 bits per heavy atom. The van der Waals surface area contributed by atoms with Crippen molar-refractivity contribution in [3.05, 3.63) is 48.3 Å². The number of rotatable bonds is 3. The minimum absolute atomic E-state index is 0.0410. The third kappa shape index (κ3) is 3.33. The molecule has 130 valence electrons. The van der Waals surface area contributed by atoms with Crippen LogP contribution in [-0.2, 0) is 4.79 Å². The topological polar surface area (TPSA) is 46.3 Å². The second-order valence-corrected chi connectivity index (χ2v) is 5.23. The van der Waals surface area contributed by atoms with E-state index in [2.05, 4.69) is 4.98 Å². The second kappa shape index (κ2) is 6.19. The van der Waals surface area contributed by atoms with Crippen LogP contribution >= 0.6 is 0 Å². The second-order valence-electron chi connectivity index (χ2n) is 5.23. The predicted octanol–water partition coefficient (Wildman–Crippen LogP) is 4.55. The molecule has 1 amide bonds. The van der Waals surface area contributed by atoms with E-state index in [1.807, 2.05) is 0 Å². The van der Waals surface area contributed by atoms with Gasteiger partial charge in [0.1, 0.15) is 11.3 Å². The van der Waals surface area contributed by atoms with Gasteiger partial charge in [0, 0.05) is 23.9 Å². The van der Waals surface area contributed by atoms with Gasteiger partial charge in [0.05, 0.1) is 0 Å². The number of hydrogen-bond acceptors (Lipinski definition) is 3. The molecule has 0 N–H and O–H groups in total. The first-order valence-electron chi connectivity index (χ1n) is 7.35. The lowest BCUT2D eigenvalue weighted by atomic mass is 10.2. The van der Waals surface area contributed by atoms with Crippen molar-refractivity contribution in [2.24, 2.45) is 0 Å². The quantitative estimate of drug-likeness (QED) is 0.650. The number of carbonyl (C=O) groups excluding carboxylic acids is 1. The van der Waals surface area contributed by atoms with Gasteiger partial charge in [-0.2, -0.15) is 13.2 Å². The highest BCUT2D eigenvalue weighted by molar-refractivity contribution is 5.98. The molecule has 4 nitrogen and oxygen atoms in total. The summed E-state index contributed by atoms with van der Waals surface area (Å²) in [6, 6.07) is 9.70. The number of anilines is 1. The third-order valence-corrected chi connectivity index (χ3v) is 3.56. The summed E-state index contributed by atoms with van der Waals surface area (Å²) >= 11 is 0. The van der Waals surface area contributed by atoms with Gasteiger partial charge in [-0.3, -0.25) is 4.79 Å². The molecule has 0 aliphatic heterocycles. The standard InChI is InChI=1S/C17H12F4N2O2/c1-2-23(16(24)17(19,20)21)12-6-7-13-14(9-12)25-15(22-13)10-4-3-5-11(18)8-10/h3-9H,2H2,1H3. The van der Waals surface area contributed by atoms with E-state index in [9.17, 15) is 22.4 Å². The fourth-order valence-corrected chi connectivity index (χ4v) is 2.42. The molecule has 3 rings (SSSR count). The average Bonchev–Trinajstić information content (AvgIpc) is 2.98. The highest BCUT2D eigenvalue weighted by atomic mass is 19.4. The van der Waals surface area contributed by atoms with Crippen LogP contribution < -0.4 is 4.90 Å². The molecule has 25 heavy (non-hydrogen) atoms. The fourth-order valence-electron chi connectivity index (χ4n) is 2.42. The van der Waals surface area contributed by atoms with Gasteiger partial charge >= 0.3 is 12.1 Å². The van der Waals surface area contributed by atoms with Crippen LogP contribution in [-0.4, -0.2) is 23.6 Å². The molecule has 0 fully saturated rings. The van der Waals surface area contributed by atoms with Gasteiger partial charge in [0.25, 0.3) is 0 Å². The van der Waals surface area contributed by atoms with Gasteiger partial charge in [-0.05, 0) is 37.3 Å². The summed E-state index contributed by atoms with van der Waals surface area (Å²) in [5.41, 5.74) is 1.03. The van der Waals surface area contributed by atoms with Gasteiger partial charge < -0.3 is 9.32 Å². The van der Waals surface area contributed by atoms with Crippen LogP contribution in [0.4, 0.5) is 23.2 Å². The summed E-state index contributed by atoms with van der Waals surface area (Å²) in [7, 11) is 0. The van der Waals surface area contributed by atoms with E-state index in [0.717, 1.165) is 0 Å². The molecule has 8 heteroatoms. The number of oxazole rings is 1. The van der Waals surface area contributed by atoms with E-state index in [4.69, 9.17) is 4.42 Å². The minimum atomic E-state index is -4.97. The van der Waals surface area contributed by atoms with Crippen LogP contribution in [0.15, 0.2) is 46.9 Å². The van der Waals surface area contributed by atoms with E-state index in [1.54, 1.807) is 6.07 Å². The molecule has 0 spiro atoms. The van der Waals surface area contributed by atoms with Crippen LogP contribution in [0, 0.1) is 5.82 Å². The Kier molecular flexibility index (Phi) is 4.20. The molecular weight excluding hydrogens is 340 g/mol. The van der Waals surface area contributed by atoms with Crippen molar-refractivity contribution >= 4 is 22.7 Å². The lowest BCUT2D eigenvalue weighted by molar-refractivity contribution is -0.170. The van der Waals surface area contributed by atoms with Crippen LogP contribution in [0.25, 0.3) is 22.6 Å². The Morgan fingerprint density at radius 3 is 2.60 bits per heavy atom. The highest BCUT2D eigenvalue weighted by Crippen LogP contribution is 2.29. The van der Waals surface area contributed by atoms with Gasteiger partial charge in [-0.1, -0.05) is 6.07 Å². The van der Waals surface area contributed by atoms with E-state index in [0.29, 0.717) is 16.0 Å². The maximum Gasteiger partial charge on any atom is 0.471 e. The number of benzene rings is 2. The summed E-state index contributed by atoms with van der Waals surface area (Å²) in [6.45, 7) is 1.28. The molecule has 0 aliphatic carbocycles. The molecule has 0 saturated heterocycles. The van der Waals surface area contributed by atoms with E-state index >= 15 is 0 Å². The molecule has 3 aromatic rings. The zero-order valence-corrected chi connectivity index (χ0v) is 13.0. The number of amides is 1. The SMILES string of the molecule is CCN(C(=O)C(F)(F)F)c1ccc2nc(-c3cccc(F)c3)oc2c1. The molecule has 1 heterocycles. The lowest BCUT2D eigenvalue weighted by Crippen LogP contribution is -2.41. The van der Waals surface area contributed by atoms with E-state index < -0.39 is 17.9 Å². The van der Waals surface area contributed by atoms with Crippen LogP contribution in [0.5, 0.6) is 0 Å². The predicted molar refractivity (Wildman–Crippen MR) is 83.5 cm³/mol. The summed E-state index contributed by atoms with van der Waals surface area (Å²) in [5.74, 6) is -2.29. The van der Waals surface area contributed by atoms with Gasteiger partial charge in [-0.25, -0.2) is 9.37 Å². The van der Waals surface area contributed by atoms with E-state index in [-0.39, 0.29) is 23.7 Å². The smallest absolute Gasteiger partial charge is 0.436 e. The maximum absolute atomic E-state index is 13.3. The first-order chi connectivity index (χ1) is 11.8. The number of halogens is 4. The Labute approximate surface area is 139 Å². The number of hydrogen-bond donors (Lipinski definition) is 0. The summed E-state index contributed by atoms with van der Waals surface area (Å²) in [4.78, 5) is 16.3. The molecule has 2 aromatic carbocycles.